The zero-order valence-corrected chi connectivity index (χ0v) is 10.4. The lowest BCUT2D eigenvalue weighted by molar-refractivity contribution is 0.522. The molecule has 0 saturated heterocycles. The summed E-state index contributed by atoms with van der Waals surface area (Å²) < 4.78 is 0. The SMILES string of the molecule is CCCC(N)C(C)c1cc(C)cc(C)c1. The first kappa shape index (κ1) is 12.3. The van der Waals surface area contributed by atoms with Gasteiger partial charge in [-0.3, -0.25) is 0 Å². The monoisotopic (exact) mass is 205 g/mol. The van der Waals surface area contributed by atoms with Gasteiger partial charge in [-0.15, -0.1) is 0 Å². The molecule has 0 aliphatic carbocycles. The first-order valence-electron chi connectivity index (χ1n) is 5.88. The Morgan fingerprint density at radius 2 is 1.67 bits per heavy atom. The van der Waals surface area contributed by atoms with Crippen molar-refractivity contribution in [2.75, 3.05) is 0 Å². The van der Waals surface area contributed by atoms with Gasteiger partial charge in [0.15, 0.2) is 0 Å². The van der Waals surface area contributed by atoms with Crippen molar-refractivity contribution in [2.24, 2.45) is 5.73 Å². The molecule has 1 heteroatoms. The van der Waals surface area contributed by atoms with Crippen LogP contribution >= 0.6 is 0 Å². The summed E-state index contributed by atoms with van der Waals surface area (Å²) in [5, 5.41) is 0. The summed E-state index contributed by atoms with van der Waals surface area (Å²) in [5.74, 6) is 0.462. The van der Waals surface area contributed by atoms with Gasteiger partial charge < -0.3 is 5.73 Å². The standard InChI is InChI=1S/C14H23N/c1-5-6-14(15)12(4)13-8-10(2)7-11(3)9-13/h7-9,12,14H,5-6,15H2,1-4H3. The van der Waals surface area contributed by atoms with E-state index in [0.717, 1.165) is 12.8 Å². The average Bonchev–Trinajstić information content (AvgIpc) is 2.15. The van der Waals surface area contributed by atoms with E-state index in [0.29, 0.717) is 5.92 Å². The first-order chi connectivity index (χ1) is 7.04. The predicted molar refractivity (Wildman–Crippen MR) is 67.2 cm³/mol. The fourth-order valence-corrected chi connectivity index (χ4v) is 2.10. The van der Waals surface area contributed by atoms with Crippen LogP contribution in [0.5, 0.6) is 0 Å². The minimum Gasteiger partial charge on any atom is -0.327 e. The first-order valence-corrected chi connectivity index (χ1v) is 5.88. The van der Waals surface area contributed by atoms with E-state index in [1.54, 1.807) is 0 Å². The molecule has 0 aromatic heterocycles. The van der Waals surface area contributed by atoms with E-state index in [2.05, 4.69) is 45.9 Å². The molecular weight excluding hydrogens is 182 g/mol. The van der Waals surface area contributed by atoms with Gasteiger partial charge >= 0.3 is 0 Å². The summed E-state index contributed by atoms with van der Waals surface area (Å²) in [7, 11) is 0. The lowest BCUT2D eigenvalue weighted by Gasteiger charge is -2.20. The van der Waals surface area contributed by atoms with Crippen LogP contribution in [0.1, 0.15) is 49.3 Å². The fraction of sp³-hybridized carbons (Fsp3) is 0.571. The fourth-order valence-electron chi connectivity index (χ4n) is 2.10. The maximum atomic E-state index is 6.16. The van der Waals surface area contributed by atoms with E-state index in [-0.39, 0.29) is 6.04 Å². The second kappa shape index (κ2) is 5.32. The van der Waals surface area contributed by atoms with Gasteiger partial charge in [0.2, 0.25) is 0 Å². The highest BCUT2D eigenvalue weighted by molar-refractivity contribution is 5.31. The predicted octanol–water partition coefficient (Wildman–Crippen LogP) is 3.53. The Hall–Kier alpha value is -0.820. The molecule has 0 aliphatic rings. The van der Waals surface area contributed by atoms with Crippen LogP contribution in [0.15, 0.2) is 18.2 Å². The summed E-state index contributed by atoms with van der Waals surface area (Å²) in [6.45, 7) is 8.71. The summed E-state index contributed by atoms with van der Waals surface area (Å²) in [5.41, 5.74) is 10.2. The smallest absolute Gasteiger partial charge is 0.0105 e. The minimum absolute atomic E-state index is 0.288. The molecule has 1 aromatic rings. The van der Waals surface area contributed by atoms with Crippen molar-refractivity contribution < 1.29 is 0 Å². The maximum Gasteiger partial charge on any atom is 0.0105 e. The Morgan fingerprint density at radius 1 is 1.13 bits per heavy atom. The molecule has 2 unspecified atom stereocenters. The third-order valence-corrected chi connectivity index (χ3v) is 3.03. The number of hydrogen-bond acceptors (Lipinski definition) is 1. The number of benzene rings is 1. The van der Waals surface area contributed by atoms with Crippen molar-refractivity contribution >= 4 is 0 Å². The van der Waals surface area contributed by atoms with E-state index < -0.39 is 0 Å². The largest absolute Gasteiger partial charge is 0.327 e. The minimum atomic E-state index is 0.288. The third-order valence-electron chi connectivity index (χ3n) is 3.03. The molecule has 15 heavy (non-hydrogen) atoms. The molecule has 1 aromatic carbocycles. The molecule has 2 atom stereocenters. The van der Waals surface area contributed by atoms with E-state index in [9.17, 15) is 0 Å². The lowest BCUT2D eigenvalue weighted by atomic mass is 9.89. The van der Waals surface area contributed by atoms with Crippen molar-refractivity contribution in [1.29, 1.82) is 0 Å². The quantitative estimate of drug-likeness (QED) is 0.799. The summed E-state index contributed by atoms with van der Waals surface area (Å²) in [6.07, 6.45) is 2.27. The molecule has 0 saturated carbocycles. The van der Waals surface area contributed by atoms with Gasteiger partial charge in [-0.05, 0) is 31.7 Å². The van der Waals surface area contributed by atoms with Crippen LogP contribution in [-0.4, -0.2) is 6.04 Å². The topological polar surface area (TPSA) is 26.0 Å². The zero-order valence-electron chi connectivity index (χ0n) is 10.4. The van der Waals surface area contributed by atoms with Gasteiger partial charge in [-0.1, -0.05) is 49.6 Å². The van der Waals surface area contributed by atoms with Crippen LogP contribution in [0.2, 0.25) is 0 Å². The average molecular weight is 205 g/mol. The Morgan fingerprint density at radius 3 is 2.13 bits per heavy atom. The van der Waals surface area contributed by atoms with E-state index >= 15 is 0 Å². The van der Waals surface area contributed by atoms with Gasteiger partial charge in [0.05, 0.1) is 0 Å². The molecule has 0 aliphatic heterocycles. The van der Waals surface area contributed by atoms with Crippen molar-refractivity contribution in [3.63, 3.8) is 0 Å². The molecule has 1 rings (SSSR count). The Balaban J connectivity index is 2.85. The van der Waals surface area contributed by atoms with E-state index in [1.165, 1.54) is 16.7 Å². The van der Waals surface area contributed by atoms with Crippen molar-refractivity contribution in [2.45, 2.75) is 52.5 Å². The molecule has 0 radical (unpaired) electrons. The molecule has 2 N–H and O–H groups in total. The van der Waals surface area contributed by atoms with Crippen molar-refractivity contribution in [3.05, 3.63) is 34.9 Å². The number of rotatable bonds is 4. The van der Waals surface area contributed by atoms with Crippen molar-refractivity contribution in [3.8, 4) is 0 Å². The van der Waals surface area contributed by atoms with Crippen LogP contribution in [0.25, 0.3) is 0 Å². The molecule has 84 valence electrons. The zero-order chi connectivity index (χ0) is 11.4. The normalized spacial score (nSPS) is 15.0. The summed E-state index contributed by atoms with van der Waals surface area (Å²) in [6, 6.07) is 7.01. The van der Waals surface area contributed by atoms with Crippen LogP contribution in [0.4, 0.5) is 0 Å². The molecule has 0 heterocycles. The Kier molecular flexibility index (Phi) is 4.34. The lowest BCUT2D eigenvalue weighted by Crippen LogP contribution is -2.26. The highest BCUT2D eigenvalue weighted by Gasteiger charge is 2.14. The summed E-state index contributed by atoms with van der Waals surface area (Å²) in [4.78, 5) is 0. The molecule has 0 bridgehead atoms. The second-order valence-electron chi connectivity index (χ2n) is 4.66. The van der Waals surface area contributed by atoms with Crippen LogP contribution in [0, 0.1) is 13.8 Å². The molecule has 0 fully saturated rings. The molecular formula is C14H23N. The third kappa shape index (κ3) is 3.35. The van der Waals surface area contributed by atoms with Crippen LogP contribution in [-0.2, 0) is 0 Å². The summed E-state index contributed by atoms with van der Waals surface area (Å²) >= 11 is 0. The number of nitrogens with two attached hydrogens (primary N) is 1. The number of hydrogen-bond donors (Lipinski definition) is 1. The van der Waals surface area contributed by atoms with Crippen molar-refractivity contribution in [1.82, 2.24) is 0 Å². The molecule has 0 spiro atoms. The van der Waals surface area contributed by atoms with Gasteiger partial charge in [0.1, 0.15) is 0 Å². The Labute approximate surface area is 93.7 Å². The Bertz CT molecular complexity index is 297. The number of aryl methyl sites for hydroxylation is 2. The highest BCUT2D eigenvalue weighted by atomic mass is 14.6. The molecule has 1 nitrogen and oxygen atoms in total. The second-order valence-corrected chi connectivity index (χ2v) is 4.66. The van der Waals surface area contributed by atoms with E-state index in [1.807, 2.05) is 0 Å². The van der Waals surface area contributed by atoms with Gasteiger partial charge in [-0.25, -0.2) is 0 Å². The van der Waals surface area contributed by atoms with Gasteiger partial charge in [0, 0.05) is 6.04 Å². The van der Waals surface area contributed by atoms with E-state index in [4.69, 9.17) is 5.73 Å². The highest BCUT2D eigenvalue weighted by Crippen LogP contribution is 2.22. The maximum absolute atomic E-state index is 6.16. The van der Waals surface area contributed by atoms with Gasteiger partial charge in [-0.2, -0.15) is 0 Å². The van der Waals surface area contributed by atoms with Crippen LogP contribution in [0.3, 0.4) is 0 Å². The van der Waals surface area contributed by atoms with Crippen LogP contribution < -0.4 is 5.73 Å². The molecule has 0 amide bonds. The van der Waals surface area contributed by atoms with Gasteiger partial charge in [0.25, 0.3) is 0 Å².